The van der Waals surface area contributed by atoms with Gasteiger partial charge in [0, 0.05) is 43.1 Å². The first kappa shape index (κ1) is 20.9. The van der Waals surface area contributed by atoms with Crippen molar-refractivity contribution in [1.29, 1.82) is 0 Å². The van der Waals surface area contributed by atoms with Crippen LogP contribution in [0.1, 0.15) is 29.3 Å². The van der Waals surface area contributed by atoms with E-state index >= 15 is 0 Å². The summed E-state index contributed by atoms with van der Waals surface area (Å²) in [6.07, 6.45) is 2.36. The first-order chi connectivity index (χ1) is 14.0. The highest BCUT2D eigenvalue weighted by Crippen LogP contribution is 2.21. The van der Waals surface area contributed by atoms with Crippen molar-refractivity contribution in [3.63, 3.8) is 0 Å². The molecule has 8 heteroatoms. The van der Waals surface area contributed by atoms with Gasteiger partial charge in [-0.1, -0.05) is 11.6 Å². The summed E-state index contributed by atoms with van der Waals surface area (Å²) in [5.74, 6) is 0.414. The van der Waals surface area contributed by atoms with Gasteiger partial charge in [-0.3, -0.25) is 0 Å². The summed E-state index contributed by atoms with van der Waals surface area (Å²) in [6, 6.07) is 8.82. The Balaban J connectivity index is 1.59. The van der Waals surface area contributed by atoms with E-state index in [2.05, 4.69) is 15.2 Å². The Bertz CT molecular complexity index is 873. The zero-order valence-corrected chi connectivity index (χ0v) is 17.4. The lowest BCUT2D eigenvalue weighted by atomic mass is 10.2. The highest BCUT2D eigenvalue weighted by molar-refractivity contribution is 6.30. The molecule has 2 aromatic rings. The lowest BCUT2D eigenvalue weighted by Crippen LogP contribution is -2.38. The highest BCUT2D eigenvalue weighted by Gasteiger charge is 2.20. The zero-order chi connectivity index (χ0) is 20.8. The minimum absolute atomic E-state index is 0.122. The molecule has 0 unspecified atom stereocenters. The van der Waals surface area contributed by atoms with Crippen LogP contribution in [0.2, 0.25) is 5.02 Å². The van der Waals surface area contributed by atoms with Gasteiger partial charge in [0.05, 0.1) is 12.2 Å². The number of rotatable bonds is 4. The molecule has 1 aromatic heterocycles. The number of nitrogens with one attached hydrogen (secondary N) is 1. The van der Waals surface area contributed by atoms with Crippen LogP contribution in [0.3, 0.4) is 0 Å². The third kappa shape index (κ3) is 5.38. The highest BCUT2D eigenvalue weighted by atomic mass is 35.5. The molecule has 0 radical (unpaired) electrons. The van der Waals surface area contributed by atoms with E-state index in [0.29, 0.717) is 36.8 Å². The maximum Gasteiger partial charge on any atom is 0.339 e. The van der Waals surface area contributed by atoms with Crippen LogP contribution in [0.15, 0.2) is 36.5 Å². The second kappa shape index (κ2) is 9.60. The van der Waals surface area contributed by atoms with E-state index in [-0.39, 0.29) is 12.0 Å². The van der Waals surface area contributed by atoms with Crippen molar-refractivity contribution < 1.29 is 14.3 Å². The van der Waals surface area contributed by atoms with Crippen LogP contribution in [0.4, 0.5) is 16.3 Å². The number of urea groups is 1. The maximum atomic E-state index is 12.7. The zero-order valence-electron chi connectivity index (χ0n) is 16.7. The number of benzene rings is 1. The Labute approximate surface area is 175 Å². The predicted octanol–water partition coefficient (Wildman–Crippen LogP) is 3.96. The average Bonchev–Trinajstić information content (AvgIpc) is 2.97. The summed E-state index contributed by atoms with van der Waals surface area (Å²) < 4.78 is 4.99. The Kier molecular flexibility index (Phi) is 6.93. The van der Waals surface area contributed by atoms with Gasteiger partial charge in [0.1, 0.15) is 5.82 Å². The quantitative estimate of drug-likeness (QED) is 0.763. The number of aromatic nitrogens is 1. The molecule has 154 valence electrons. The standard InChI is InChI=1S/C21H25ClN4O3/c1-3-29-20(27)16-5-8-19(23-14-16)25-9-4-10-26(12-11-25)21(28)24-18-7-6-17(22)13-15(18)2/h5-8,13-14H,3-4,9-12H2,1-2H3,(H,24,28). The molecular formula is C21H25ClN4O3. The third-order valence-electron chi connectivity index (χ3n) is 4.80. The largest absolute Gasteiger partial charge is 0.462 e. The first-order valence-corrected chi connectivity index (χ1v) is 10.1. The summed E-state index contributed by atoms with van der Waals surface area (Å²) in [7, 11) is 0. The lowest BCUT2D eigenvalue weighted by Gasteiger charge is -2.23. The van der Waals surface area contributed by atoms with Crippen molar-refractivity contribution in [2.24, 2.45) is 0 Å². The van der Waals surface area contributed by atoms with Crippen molar-refractivity contribution in [2.45, 2.75) is 20.3 Å². The molecule has 1 saturated heterocycles. The van der Waals surface area contributed by atoms with Gasteiger partial charge in [-0.2, -0.15) is 0 Å². The molecule has 0 spiro atoms. The van der Waals surface area contributed by atoms with Crippen LogP contribution in [-0.4, -0.2) is 54.7 Å². The molecule has 0 atom stereocenters. The van der Waals surface area contributed by atoms with Crippen molar-refractivity contribution in [1.82, 2.24) is 9.88 Å². The Hall–Kier alpha value is -2.80. The van der Waals surface area contributed by atoms with E-state index in [1.54, 1.807) is 24.0 Å². The number of aryl methyl sites for hydroxylation is 1. The second-order valence-electron chi connectivity index (χ2n) is 6.84. The number of nitrogens with zero attached hydrogens (tertiary/aromatic N) is 3. The number of halogens is 1. The fourth-order valence-electron chi connectivity index (χ4n) is 3.22. The van der Waals surface area contributed by atoms with Crippen LogP contribution in [0, 0.1) is 6.92 Å². The summed E-state index contributed by atoms with van der Waals surface area (Å²) >= 11 is 5.98. The Morgan fingerprint density at radius 1 is 1.17 bits per heavy atom. The lowest BCUT2D eigenvalue weighted by molar-refractivity contribution is 0.0526. The molecule has 1 N–H and O–H groups in total. The van der Waals surface area contributed by atoms with Gasteiger partial charge in [-0.15, -0.1) is 0 Å². The summed E-state index contributed by atoms with van der Waals surface area (Å²) in [6.45, 7) is 6.72. The van der Waals surface area contributed by atoms with Crippen LogP contribution < -0.4 is 10.2 Å². The second-order valence-corrected chi connectivity index (χ2v) is 7.28. The molecule has 3 rings (SSSR count). The van der Waals surface area contributed by atoms with Crippen LogP contribution >= 0.6 is 11.6 Å². The summed E-state index contributed by atoms with van der Waals surface area (Å²) in [4.78, 5) is 32.8. The fraction of sp³-hybridized carbons (Fsp3) is 0.381. The summed E-state index contributed by atoms with van der Waals surface area (Å²) in [5, 5.41) is 3.61. The molecule has 7 nitrogen and oxygen atoms in total. The molecule has 1 aliphatic rings. The number of anilines is 2. The molecule has 2 heterocycles. The SMILES string of the molecule is CCOC(=O)c1ccc(N2CCCN(C(=O)Nc3ccc(Cl)cc3C)CC2)nc1. The van der Waals surface area contributed by atoms with Gasteiger partial charge in [-0.05, 0) is 56.2 Å². The van der Waals surface area contributed by atoms with Crippen LogP contribution in [0.25, 0.3) is 0 Å². The van der Waals surface area contributed by atoms with Crippen molar-refractivity contribution in [2.75, 3.05) is 43.0 Å². The Morgan fingerprint density at radius 3 is 2.69 bits per heavy atom. The number of hydrogen-bond donors (Lipinski definition) is 1. The molecule has 0 bridgehead atoms. The number of pyridine rings is 1. The molecule has 2 amide bonds. The van der Waals surface area contributed by atoms with Gasteiger partial charge in [0.25, 0.3) is 0 Å². The molecule has 1 aliphatic heterocycles. The number of carbonyl (C=O) groups excluding carboxylic acids is 2. The van der Waals surface area contributed by atoms with Crippen LogP contribution in [0.5, 0.6) is 0 Å². The Morgan fingerprint density at radius 2 is 2.00 bits per heavy atom. The van der Waals surface area contributed by atoms with E-state index in [4.69, 9.17) is 16.3 Å². The smallest absolute Gasteiger partial charge is 0.339 e. The minimum atomic E-state index is -0.372. The number of amides is 2. The van der Waals surface area contributed by atoms with Crippen LogP contribution in [-0.2, 0) is 4.74 Å². The summed E-state index contributed by atoms with van der Waals surface area (Å²) in [5.41, 5.74) is 2.12. The molecule has 1 fully saturated rings. The number of carbonyl (C=O) groups is 2. The molecular weight excluding hydrogens is 392 g/mol. The molecule has 0 aliphatic carbocycles. The van der Waals surface area contributed by atoms with E-state index in [0.717, 1.165) is 30.0 Å². The third-order valence-corrected chi connectivity index (χ3v) is 5.03. The number of hydrogen-bond acceptors (Lipinski definition) is 5. The average molecular weight is 417 g/mol. The van der Waals surface area contributed by atoms with E-state index in [9.17, 15) is 9.59 Å². The molecule has 1 aromatic carbocycles. The fourth-order valence-corrected chi connectivity index (χ4v) is 3.45. The van der Waals surface area contributed by atoms with Gasteiger partial charge in [0.15, 0.2) is 0 Å². The van der Waals surface area contributed by atoms with Crippen molar-refractivity contribution in [3.8, 4) is 0 Å². The maximum absolute atomic E-state index is 12.7. The van der Waals surface area contributed by atoms with Gasteiger partial charge >= 0.3 is 12.0 Å². The van der Waals surface area contributed by atoms with Crippen molar-refractivity contribution in [3.05, 3.63) is 52.7 Å². The molecule has 0 saturated carbocycles. The molecule has 29 heavy (non-hydrogen) atoms. The van der Waals surface area contributed by atoms with Gasteiger partial charge in [-0.25, -0.2) is 14.6 Å². The van der Waals surface area contributed by atoms with E-state index < -0.39 is 0 Å². The number of esters is 1. The predicted molar refractivity (Wildman–Crippen MR) is 114 cm³/mol. The van der Waals surface area contributed by atoms with E-state index in [1.807, 2.05) is 25.1 Å². The normalized spacial score (nSPS) is 14.3. The topological polar surface area (TPSA) is 74.8 Å². The van der Waals surface area contributed by atoms with Gasteiger partial charge in [0.2, 0.25) is 0 Å². The number of ether oxygens (including phenoxy) is 1. The first-order valence-electron chi connectivity index (χ1n) is 9.68. The monoisotopic (exact) mass is 416 g/mol. The minimum Gasteiger partial charge on any atom is -0.462 e. The van der Waals surface area contributed by atoms with Gasteiger partial charge < -0.3 is 19.9 Å². The van der Waals surface area contributed by atoms with Crippen molar-refractivity contribution >= 4 is 35.1 Å². The van der Waals surface area contributed by atoms with E-state index in [1.165, 1.54) is 6.20 Å².